The van der Waals surface area contributed by atoms with Crippen LogP contribution in [0.2, 0.25) is 0 Å². The standard InChI is InChI=1S/C9H10FNOS/c1-6-7(10)4-3-5-8(6)11(2)9(12)13/h3-5H,1-2H3,(H,12,13). The third kappa shape index (κ3) is 2.01. The fourth-order valence-corrected chi connectivity index (χ4v) is 1.17. The van der Waals surface area contributed by atoms with Crippen LogP contribution in [0.15, 0.2) is 18.2 Å². The molecule has 1 amide bonds. The predicted octanol–water partition coefficient (Wildman–Crippen LogP) is 2.62. The van der Waals surface area contributed by atoms with E-state index in [0.29, 0.717) is 11.3 Å². The van der Waals surface area contributed by atoms with Gasteiger partial charge in [0.2, 0.25) is 0 Å². The lowest BCUT2D eigenvalue weighted by atomic mass is 10.2. The van der Waals surface area contributed by atoms with E-state index in [2.05, 4.69) is 12.6 Å². The van der Waals surface area contributed by atoms with Gasteiger partial charge in [0, 0.05) is 18.3 Å². The summed E-state index contributed by atoms with van der Waals surface area (Å²) in [5.41, 5.74) is 0.993. The molecule has 0 aliphatic carbocycles. The minimum Gasteiger partial charge on any atom is -0.306 e. The van der Waals surface area contributed by atoms with Crippen molar-refractivity contribution in [3.63, 3.8) is 0 Å². The molecule has 0 bridgehead atoms. The molecule has 0 N–H and O–H groups in total. The van der Waals surface area contributed by atoms with Crippen molar-refractivity contribution in [1.82, 2.24) is 0 Å². The molecule has 0 unspecified atom stereocenters. The summed E-state index contributed by atoms with van der Waals surface area (Å²) in [5, 5.41) is -0.409. The lowest BCUT2D eigenvalue weighted by Crippen LogP contribution is -2.20. The normalized spacial score (nSPS) is 9.85. The van der Waals surface area contributed by atoms with Crippen LogP contribution in [0, 0.1) is 12.7 Å². The second-order valence-corrected chi connectivity index (χ2v) is 3.11. The van der Waals surface area contributed by atoms with Gasteiger partial charge in [-0.2, -0.15) is 0 Å². The van der Waals surface area contributed by atoms with Gasteiger partial charge in [-0.05, 0) is 19.1 Å². The molecule has 4 heteroatoms. The molecule has 0 heterocycles. The minimum atomic E-state index is -0.409. The van der Waals surface area contributed by atoms with Gasteiger partial charge in [0.1, 0.15) is 5.82 Å². The van der Waals surface area contributed by atoms with E-state index < -0.39 is 5.24 Å². The highest BCUT2D eigenvalue weighted by Gasteiger charge is 2.10. The van der Waals surface area contributed by atoms with Crippen molar-refractivity contribution in [3.05, 3.63) is 29.6 Å². The zero-order valence-electron chi connectivity index (χ0n) is 7.41. The second-order valence-electron chi connectivity index (χ2n) is 2.73. The molecule has 2 nitrogen and oxygen atoms in total. The summed E-state index contributed by atoms with van der Waals surface area (Å²) in [5.74, 6) is -0.320. The lowest BCUT2D eigenvalue weighted by Gasteiger charge is -2.16. The number of hydrogen-bond acceptors (Lipinski definition) is 1. The number of anilines is 1. The summed E-state index contributed by atoms with van der Waals surface area (Å²) >= 11 is 3.65. The van der Waals surface area contributed by atoms with E-state index in [1.165, 1.54) is 11.0 Å². The first-order valence-corrected chi connectivity index (χ1v) is 4.20. The van der Waals surface area contributed by atoms with Gasteiger partial charge in [-0.25, -0.2) is 4.39 Å². The molecule has 1 aromatic rings. The SMILES string of the molecule is Cc1c(F)cccc1N(C)C(=O)S. The molecular formula is C9H10FNOS. The summed E-state index contributed by atoms with van der Waals surface area (Å²) < 4.78 is 13.0. The lowest BCUT2D eigenvalue weighted by molar-refractivity contribution is 0.266. The monoisotopic (exact) mass is 199 g/mol. The topological polar surface area (TPSA) is 20.3 Å². The van der Waals surface area contributed by atoms with Crippen molar-refractivity contribution in [2.45, 2.75) is 6.92 Å². The van der Waals surface area contributed by atoms with Gasteiger partial charge in [-0.15, -0.1) is 0 Å². The molecule has 1 aromatic carbocycles. The van der Waals surface area contributed by atoms with E-state index in [-0.39, 0.29) is 5.82 Å². The van der Waals surface area contributed by atoms with E-state index in [1.54, 1.807) is 26.1 Å². The second kappa shape index (κ2) is 3.79. The number of hydrogen-bond donors (Lipinski definition) is 1. The number of rotatable bonds is 1. The van der Waals surface area contributed by atoms with Crippen molar-refractivity contribution >= 4 is 23.6 Å². The Labute approximate surface area is 81.8 Å². The van der Waals surface area contributed by atoms with Crippen LogP contribution < -0.4 is 4.90 Å². The molecule has 13 heavy (non-hydrogen) atoms. The van der Waals surface area contributed by atoms with Gasteiger partial charge in [0.05, 0.1) is 0 Å². The molecule has 0 atom stereocenters. The molecule has 0 aliphatic rings. The number of carbonyl (C=O) groups excluding carboxylic acids is 1. The smallest absolute Gasteiger partial charge is 0.282 e. The van der Waals surface area contributed by atoms with Crippen LogP contribution in [0.4, 0.5) is 14.9 Å². The van der Waals surface area contributed by atoms with E-state index in [9.17, 15) is 9.18 Å². The van der Waals surface area contributed by atoms with Crippen LogP contribution in [0.1, 0.15) is 5.56 Å². The molecule has 70 valence electrons. The van der Waals surface area contributed by atoms with Crippen molar-refractivity contribution < 1.29 is 9.18 Å². The van der Waals surface area contributed by atoms with Gasteiger partial charge < -0.3 is 4.90 Å². The van der Waals surface area contributed by atoms with Crippen molar-refractivity contribution in [2.75, 3.05) is 11.9 Å². The molecule has 0 spiro atoms. The van der Waals surface area contributed by atoms with Gasteiger partial charge in [-0.3, -0.25) is 4.79 Å². The van der Waals surface area contributed by atoms with E-state index in [4.69, 9.17) is 0 Å². The fourth-order valence-electron chi connectivity index (χ4n) is 1.06. The Morgan fingerprint density at radius 1 is 1.54 bits per heavy atom. The maximum Gasteiger partial charge on any atom is 0.282 e. The summed E-state index contributed by atoms with van der Waals surface area (Å²) in [6, 6.07) is 4.59. The van der Waals surface area contributed by atoms with Gasteiger partial charge in [-0.1, -0.05) is 18.7 Å². The first-order chi connectivity index (χ1) is 6.04. The Hall–Kier alpha value is -1.03. The average Bonchev–Trinajstić information content (AvgIpc) is 2.08. The van der Waals surface area contributed by atoms with Crippen LogP contribution in [0.25, 0.3) is 0 Å². The Morgan fingerprint density at radius 2 is 2.15 bits per heavy atom. The highest BCUT2D eigenvalue weighted by atomic mass is 32.1. The largest absolute Gasteiger partial charge is 0.306 e. The maximum atomic E-state index is 13.0. The molecule has 0 radical (unpaired) electrons. The maximum absolute atomic E-state index is 13.0. The number of nitrogens with zero attached hydrogens (tertiary/aromatic N) is 1. The highest BCUT2D eigenvalue weighted by Crippen LogP contribution is 2.21. The molecule has 0 fully saturated rings. The molecule has 1 rings (SSSR count). The Bertz CT molecular complexity index is 340. The number of halogens is 1. The highest BCUT2D eigenvalue weighted by molar-refractivity contribution is 7.96. The fraction of sp³-hybridized carbons (Fsp3) is 0.222. The van der Waals surface area contributed by atoms with Crippen LogP contribution in [-0.4, -0.2) is 12.3 Å². The Kier molecular flexibility index (Phi) is 2.93. The first-order valence-electron chi connectivity index (χ1n) is 3.76. The van der Waals surface area contributed by atoms with E-state index >= 15 is 0 Å². The summed E-state index contributed by atoms with van der Waals surface area (Å²) in [7, 11) is 1.55. The van der Waals surface area contributed by atoms with Crippen molar-refractivity contribution in [2.24, 2.45) is 0 Å². The van der Waals surface area contributed by atoms with Crippen LogP contribution in [-0.2, 0) is 0 Å². The Balaban J connectivity index is 3.15. The van der Waals surface area contributed by atoms with E-state index in [1.807, 2.05) is 0 Å². The molecule has 0 saturated carbocycles. The zero-order valence-corrected chi connectivity index (χ0v) is 8.31. The molecule has 0 saturated heterocycles. The van der Waals surface area contributed by atoms with Crippen LogP contribution >= 0.6 is 12.6 Å². The van der Waals surface area contributed by atoms with E-state index in [0.717, 1.165) is 0 Å². The van der Waals surface area contributed by atoms with Gasteiger partial charge >= 0.3 is 0 Å². The third-order valence-corrected chi connectivity index (χ3v) is 2.19. The van der Waals surface area contributed by atoms with Crippen LogP contribution in [0.5, 0.6) is 0 Å². The first kappa shape index (κ1) is 10.1. The summed E-state index contributed by atoms with van der Waals surface area (Å²) in [6.07, 6.45) is 0. The number of thiol groups is 1. The number of carbonyl (C=O) groups is 1. The summed E-state index contributed by atoms with van der Waals surface area (Å²) in [6.45, 7) is 1.62. The number of amides is 1. The average molecular weight is 199 g/mol. The minimum absolute atomic E-state index is 0.320. The molecular weight excluding hydrogens is 189 g/mol. The van der Waals surface area contributed by atoms with Crippen molar-refractivity contribution in [3.8, 4) is 0 Å². The van der Waals surface area contributed by atoms with Crippen LogP contribution in [0.3, 0.4) is 0 Å². The molecule has 0 aliphatic heterocycles. The summed E-state index contributed by atoms with van der Waals surface area (Å²) in [4.78, 5) is 12.2. The predicted molar refractivity (Wildman–Crippen MR) is 53.9 cm³/mol. The molecule has 0 aromatic heterocycles. The Morgan fingerprint density at radius 3 is 2.69 bits per heavy atom. The van der Waals surface area contributed by atoms with Gasteiger partial charge in [0.15, 0.2) is 0 Å². The zero-order chi connectivity index (χ0) is 10.0. The van der Waals surface area contributed by atoms with Gasteiger partial charge in [0.25, 0.3) is 5.24 Å². The van der Waals surface area contributed by atoms with Crippen molar-refractivity contribution in [1.29, 1.82) is 0 Å². The quantitative estimate of drug-likeness (QED) is 0.689. The third-order valence-electron chi connectivity index (χ3n) is 1.89. The number of benzene rings is 1.